The topological polar surface area (TPSA) is 69.7 Å². The zero-order valence-electron chi connectivity index (χ0n) is 13.9. The lowest BCUT2D eigenvalue weighted by atomic mass is 10.0. The lowest BCUT2D eigenvalue weighted by Gasteiger charge is -2.10. The summed E-state index contributed by atoms with van der Waals surface area (Å²) in [6.45, 7) is 3.69. The molecule has 2 rings (SSSR count). The molecule has 0 bridgehead atoms. The van der Waals surface area contributed by atoms with E-state index in [1.807, 2.05) is 31.2 Å². The number of rotatable bonds is 6. The third kappa shape index (κ3) is 4.14. The van der Waals surface area contributed by atoms with E-state index in [4.69, 9.17) is 9.47 Å². The van der Waals surface area contributed by atoms with Gasteiger partial charge in [-0.3, -0.25) is 4.79 Å². The summed E-state index contributed by atoms with van der Waals surface area (Å²) in [5.74, 6) is -0.682. The molecule has 0 amide bonds. The lowest BCUT2D eigenvalue weighted by molar-refractivity contribution is -0.139. The fraction of sp³-hybridized carbons (Fsp3) is 0.278. The molecule has 0 fully saturated rings. The van der Waals surface area contributed by atoms with Crippen LogP contribution in [-0.4, -0.2) is 33.9 Å². The van der Waals surface area contributed by atoms with Gasteiger partial charge in [0.15, 0.2) is 15.6 Å². The summed E-state index contributed by atoms with van der Waals surface area (Å²) >= 11 is 0. The molecular weight excluding hydrogens is 328 g/mol. The van der Waals surface area contributed by atoms with Gasteiger partial charge in [0.25, 0.3) is 0 Å². The average molecular weight is 348 g/mol. The molecule has 0 spiro atoms. The Morgan fingerprint density at radius 1 is 1.08 bits per heavy atom. The number of hydrogen-bond donors (Lipinski definition) is 0. The summed E-state index contributed by atoms with van der Waals surface area (Å²) in [5, 5.41) is 0. The van der Waals surface area contributed by atoms with Gasteiger partial charge in [-0.2, -0.15) is 0 Å². The van der Waals surface area contributed by atoms with Crippen LogP contribution in [0.4, 0.5) is 0 Å². The van der Waals surface area contributed by atoms with Crippen molar-refractivity contribution in [1.82, 2.24) is 0 Å². The molecule has 0 aromatic heterocycles. The van der Waals surface area contributed by atoms with Gasteiger partial charge in [0.2, 0.25) is 0 Å². The van der Waals surface area contributed by atoms with Crippen LogP contribution in [0.1, 0.15) is 12.5 Å². The zero-order chi connectivity index (χ0) is 17.7. The summed E-state index contributed by atoms with van der Waals surface area (Å²) in [6.07, 6.45) is 0. The molecule has 0 aliphatic rings. The first-order chi connectivity index (χ1) is 11.4. The Morgan fingerprint density at radius 3 is 2.33 bits per heavy atom. The van der Waals surface area contributed by atoms with E-state index in [2.05, 4.69) is 0 Å². The highest BCUT2D eigenvalue weighted by atomic mass is 32.2. The normalized spacial score (nSPS) is 11.1. The predicted molar refractivity (Wildman–Crippen MR) is 91.9 cm³/mol. The lowest BCUT2D eigenvalue weighted by Crippen LogP contribution is -2.18. The Kier molecular flexibility index (Phi) is 5.62. The van der Waals surface area contributed by atoms with Crippen LogP contribution in [0.2, 0.25) is 0 Å². The van der Waals surface area contributed by atoms with Crippen LogP contribution in [0.15, 0.2) is 47.4 Å². The number of carbonyl (C=O) groups is 1. The maximum Gasteiger partial charge on any atom is 0.321 e. The Bertz CT molecular complexity index is 823. The fourth-order valence-corrected chi connectivity index (χ4v) is 3.45. The Labute approximate surface area is 142 Å². The molecule has 128 valence electrons. The summed E-state index contributed by atoms with van der Waals surface area (Å²) in [5.41, 5.74) is 2.61. The van der Waals surface area contributed by atoms with Gasteiger partial charge in [0, 0.05) is 0 Å². The fourth-order valence-electron chi connectivity index (χ4n) is 2.32. The molecule has 5 nitrogen and oxygen atoms in total. The summed E-state index contributed by atoms with van der Waals surface area (Å²) in [6, 6.07) is 12.2. The smallest absolute Gasteiger partial charge is 0.321 e. The third-order valence-electron chi connectivity index (χ3n) is 3.58. The maximum absolute atomic E-state index is 12.4. The molecular formula is C18H20O5S. The minimum absolute atomic E-state index is 0.104. The van der Waals surface area contributed by atoms with Crippen LogP contribution >= 0.6 is 0 Å². The molecule has 6 heteroatoms. The highest BCUT2D eigenvalue weighted by Crippen LogP contribution is 2.28. The van der Waals surface area contributed by atoms with Crippen molar-refractivity contribution in [2.45, 2.75) is 18.7 Å². The van der Waals surface area contributed by atoms with Crippen LogP contribution in [0.25, 0.3) is 11.1 Å². The zero-order valence-corrected chi connectivity index (χ0v) is 14.7. The van der Waals surface area contributed by atoms with Gasteiger partial charge >= 0.3 is 5.97 Å². The molecule has 2 aromatic rings. The van der Waals surface area contributed by atoms with Crippen molar-refractivity contribution in [2.75, 3.05) is 19.5 Å². The number of sulfone groups is 1. The summed E-state index contributed by atoms with van der Waals surface area (Å²) in [7, 11) is -2.15. The average Bonchev–Trinajstić information content (AvgIpc) is 2.55. The highest BCUT2D eigenvalue weighted by Gasteiger charge is 2.21. The Morgan fingerprint density at radius 2 is 1.75 bits per heavy atom. The van der Waals surface area contributed by atoms with Gasteiger partial charge in [-0.05, 0) is 54.8 Å². The Balaban J connectivity index is 2.38. The SMILES string of the molecule is CCOC(=O)CS(=O)(=O)c1ccc(C)c(-c2ccc(OC)cc2)c1. The number of hydrogen-bond acceptors (Lipinski definition) is 5. The number of aryl methyl sites for hydroxylation is 1. The second-order valence-corrected chi connectivity index (χ2v) is 7.26. The van der Waals surface area contributed by atoms with Crippen molar-refractivity contribution in [2.24, 2.45) is 0 Å². The first-order valence-electron chi connectivity index (χ1n) is 7.51. The predicted octanol–water partition coefficient (Wildman–Crippen LogP) is 3.01. The van der Waals surface area contributed by atoms with Crippen LogP contribution in [-0.2, 0) is 19.4 Å². The quantitative estimate of drug-likeness (QED) is 0.751. The van der Waals surface area contributed by atoms with Crippen LogP contribution < -0.4 is 4.74 Å². The van der Waals surface area contributed by atoms with Gasteiger partial charge in [-0.25, -0.2) is 8.42 Å². The first kappa shape index (κ1) is 18.0. The van der Waals surface area contributed by atoms with Crippen molar-refractivity contribution in [3.63, 3.8) is 0 Å². The monoisotopic (exact) mass is 348 g/mol. The second kappa shape index (κ2) is 7.49. The van der Waals surface area contributed by atoms with E-state index >= 15 is 0 Å². The van der Waals surface area contributed by atoms with Gasteiger partial charge in [-0.15, -0.1) is 0 Å². The molecule has 0 aliphatic carbocycles. The molecule has 0 aliphatic heterocycles. The summed E-state index contributed by atoms with van der Waals surface area (Å²) in [4.78, 5) is 11.6. The molecule has 0 N–H and O–H groups in total. The largest absolute Gasteiger partial charge is 0.497 e. The number of ether oxygens (including phenoxy) is 2. The van der Waals surface area contributed by atoms with Crippen LogP contribution in [0, 0.1) is 6.92 Å². The maximum atomic E-state index is 12.4. The number of benzene rings is 2. The minimum atomic E-state index is -3.74. The van der Waals surface area contributed by atoms with E-state index in [9.17, 15) is 13.2 Å². The van der Waals surface area contributed by atoms with Crippen molar-refractivity contribution in [3.8, 4) is 16.9 Å². The second-order valence-electron chi connectivity index (χ2n) is 5.27. The van der Waals surface area contributed by atoms with Crippen molar-refractivity contribution >= 4 is 15.8 Å². The van der Waals surface area contributed by atoms with Crippen LogP contribution in [0.3, 0.4) is 0 Å². The molecule has 0 atom stereocenters. The van der Waals surface area contributed by atoms with E-state index < -0.39 is 21.6 Å². The minimum Gasteiger partial charge on any atom is -0.497 e. The Hall–Kier alpha value is -2.34. The van der Waals surface area contributed by atoms with E-state index in [1.54, 1.807) is 26.2 Å². The van der Waals surface area contributed by atoms with Crippen molar-refractivity contribution < 1.29 is 22.7 Å². The van der Waals surface area contributed by atoms with Gasteiger partial charge in [0.1, 0.15) is 5.75 Å². The highest BCUT2D eigenvalue weighted by molar-refractivity contribution is 7.92. The number of esters is 1. The molecule has 0 saturated heterocycles. The molecule has 0 saturated carbocycles. The number of carbonyl (C=O) groups excluding carboxylic acids is 1. The molecule has 0 unspecified atom stereocenters. The van der Waals surface area contributed by atoms with E-state index in [0.717, 1.165) is 22.4 Å². The van der Waals surface area contributed by atoms with Gasteiger partial charge < -0.3 is 9.47 Å². The van der Waals surface area contributed by atoms with Gasteiger partial charge in [-0.1, -0.05) is 18.2 Å². The molecule has 2 aromatic carbocycles. The van der Waals surface area contributed by atoms with E-state index in [1.165, 1.54) is 6.07 Å². The van der Waals surface area contributed by atoms with Crippen molar-refractivity contribution in [1.29, 1.82) is 0 Å². The van der Waals surface area contributed by atoms with E-state index in [0.29, 0.717) is 0 Å². The standard InChI is InChI=1S/C18H20O5S/c1-4-23-18(19)12-24(20,21)16-10-5-13(2)17(11-16)14-6-8-15(22-3)9-7-14/h5-11H,4,12H2,1-3H3. The van der Waals surface area contributed by atoms with Crippen molar-refractivity contribution in [3.05, 3.63) is 48.0 Å². The third-order valence-corrected chi connectivity index (χ3v) is 5.17. The van der Waals surface area contributed by atoms with E-state index in [-0.39, 0.29) is 11.5 Å². The van der Waals surface area contributed by atoms with Crippen LogP contribution in [0.5, 0.6) is 5.75 Å². The molecule has 0 radical (unpaired) electrons. The summed E-state index contributed by atoms with van der Waals surface area (Å²) < 4.78 is 34.6. The molecule has 24 heavy (non-hydrogen) atoms. The first-order valence-corrected chi connectivity index (χ1v) is 9.16. The van der Waals surface area contributed by atoms with Gasteiger partial charge in [0.05, 0.1) is 18.6 Å². The number of methoxy groups -OCH3 is 1. The molecule has 0 heterocycles.